The molecule has 5 heteroatoms. The number of nitrogens with one attached hydrogen (secondary N) is 1. The van der Waals surface area contributed by atoms with Crippen LogP contribution in [0.2, 0.25) is 0 Å². The van der Waals surface area contributed by atoms with Crippen molar-refractivity contribution >= 4 is 11.6 Å². The minimum atomic E-state index is -0.226. The van der Waals surface area contributed by atoms with Crippen LogP contribution >= 0.6 is 0 Å². The number of carbonyl (C=O) groups excluding carboxylic acids is 2. The fourth-order valence-corrected chi connectivity index (χ4v) is 2.80. The third-order valence-electron chi connectivity index (χ3n) is 4.39. The molecule has 0 aliphatic heterocycles. The Bertz CT molecular complexity index is 1040. The molecule has 0 aliphatic rings. The Morgan fingerprint density at radius 2 is 1.71 bits per heavy atom. The number of aromatic amines is 1. The quantitative estimate of drug-likeness (QED) is 0.605. The molecule has 1 heterocycles. The topological polar surface area (TPSA) is 76.2 Å². The molecular formula is C23H21NO4. The van der Waals surface area contributed by atoms with Crippen molar-refractivity contribution in [2.45, 2.75) is 26.4 Å². The van der Waals surface area contributed by atoms with E-state index in [9.17, 15) is 14.4 Å². The van der Waals surface area contributed by atoms with Gasteiger partial charge in [0.25, 0.3) is 0 Å². The van der Waals surface area contributed by atoms with Crippen LogP contribution < -0.4 is 10.2 Å². The number of pyridine rings is 1. The lowest BCUT2D eigenvalue weighted by Crippen LogP contribution is -2.11. The van der Waals surface area contributed by atoms with Crippen molar-refractivity contribution < 1.29 is 14.3 Å². The monoisotopic (exact) mass is 375 g/mol. The molecule has 0 bridgehead atoms. The summed E-state index contributed by atoms with van der Waals surface area (Å²) in [6, 6.07) is 17.7. The second-order valence-electron chi connectivity index (χ2n) is 6.52. The molecule has 0 amide bonds. The number of ketones is 2. The summed E-state index contributed by atoms with van der Waals surface area (Å²) in [6.07, 6.45) is 2.17. The van der Waals surface area contributed by atoms with Crippen LogP contribution in [0.15, 0.2) is 71.7 Å². The van der Waals surface area contributed by atoms with Gasteiger partial charge in [0.2, 0.25) is 5.43 Å². The van der Waals surface area contributed by atoms with Crippen molar-refractivity contribution in [2.24, 2.45) is 0 Å². The summed E-state index contributed by atoms with van der Waals surface area (Å²) in [4.78, 5) is 39.1. The molecule has 0 spiro atoms. The van der Waals surface area contributed by atoms with Gasteiger partial charge in [-0.05, 0) is 25.0 Å². The molecule has 28 heavy (non-hydrogen) atoms. The number of ether oxygens (including phenoxy) is 1. The van der Waals surface area contributed by atoms with Crippen LogP contribution in [0.3, 0.4) is 0 Å². The molecule has 1 aromatic heterocycles. The normalized spacial score (nSPS) is 10.5. The van der Waals surface area contributed by atoms with Gasteiger partial charge >= 0.3 is 0 Å². The van der Waals surface area contributed by atoms with E-state index in [4.69, 9.17) is 4.74 Å². The number of Topliss-reactive ketones (excluding diaryl/α,β-unsaturated/α-hetero) is 2. The van der Waals surface area contributed by atoms with Crippen molar-refractivity contribution in [2.75, 3.05) is 0 Å². The number of aryl methyl sites for hydroxylation is 1. The van der Waals surface area contributed by atoms with Crippen molar-refractivity contribution in [3.05, 3.63) is 99.5 Å². The Morgan fingerprint density at radius 1 is 0.964 bits per heavy atom. The van der Waals surface area contributed by atoms with E-state index in [-0.39, 0.29) is 29.2 Å². The van der Waals surface area contributed by atoms with Crippen LogP contribution in [0.25, 0.3) is 0 Å². The molecule has 5 nitrogen and oxygen atoms in total. The SMILES string of the molecule is CC(=O)c1cccc(C(=O)CCc2cc(=O)c(OCc3ccccc3)c[nH]2)c1. The maximum absolute atomic E-state index is 12.4. The zero-order valence-corrected chi connectivity index (χ0v) is 15.6. The summed E-state index contributed by atoms with van der Waals surface area (Å²) in [5.74, 6) is 0.0894. The van der Waals surface area contributed by atoms with E-state index in [1.54, 1.807) is 24.3 Å². The largest absolute Gasteiger partial charge is 0.483 e. The van der Waals surface area contributed by atoms with E-state index < -0.39 is 0 Å². The summed E-state index contributed by atoms with van der Waals surface area (Å²) in [5.41, 5.74) is 2.42. The third-order valence-corrected chi connectivity index (χ3v) is 4.39. The summed E-state index contributed by atoms with van der Waals surface area (Å²) < 4.78 is 5.57. The van der Waals surface area contributed by atoms with Crippen LogP contribution in [0.5, 0.6) is 5.75 Å². The maximum atomic E-state index is 12.4. The number of benzene rings is 2. The number of carbonyl (C=O) groups is 2. The predicted octanol–water partition coefficient (Wildman–Crippen LogP) is 3.97. The van der Waals surface area contributed by atoms with E-state index in [0.717, 1.165) is 5.56 Å². The van der Waals surface area contributed by atoms with Gasteiger partial charge in [0, 0.05) is 35.5 Å². The summed E-state index contributed by atoms with van der Waals surface area (Å²) in [6.45, 7) is 1.78. The molecule has 0 aliphatic carbocycles. The van der Waals surface area contributed by atoms with Gasteiger partial charge in [-0.15, -0.1) is 0 Å². The van der Waals surface area contributed by atoms with E-state index in [2.05, 4.69) is 4.98 Å². The van der Waals surface area contributed by atoms with Gasteiger partial charge in [0.15, 0.2) is 17.3 Å². The highest BCUT2D eigenvalue weighted by molar-refractivity contribution is 6.00. The number of H-pyrrole nitrogens is 1. The fourth-order valence-electron chi connectivity index (χ4n) is 2.80. The maximum Gasteiger partial charge on any atom is 0.223 e. The highest BCUT2D eigenvalue weighted by Gasteiger charge is 2.10. The van der Waals surface area contributed by atoms with Crippen molar-refractivity contribution in [3.8, 4) is 5.75 Å². The van der Waals surface area contributed by atoms with Crippen LogP contribution in [0.1, 0.15) is 45.3 Å². The Balaban J connectivity index is 1.60. The summed E-state index contributed by atoms with van der Waals surface area (Å²) >= 11 is 0. The Labute approximate surface area is 163 Å². The second kappa shape index (κ2) is 8.95. The lowest BCUT2D eigenvalue weighted by molar-refractivity contribution is 0.0982. The van der Waals surface area contributed by atoms with Gasteiger partial charge in [-0.1, -0.05) is 48.5 Å². The van der Waals surface area contributed by atoms with Gasteiger partial charge in [-0.2, -0.15) is 0 Å². The lowest BCUT2D eigenvalue weighted by Gasteiger charge is -2.07. The zero-order chi connectivity index (χ0) is 19.9. The first-order chi connectivity index (χ1) is 13.5. The van der Waals surface area contributed by atoms with Crippen LogP contribution in [-0.2, 0) is 13.0 Å². The smallest absolute Gasteiger partial charge is 0.223 e. The number of aromatic nitrogens is 1. The van der Waals surface area contributed by atoms with E-state index in [1.165, 1.54) is 19.2 Å². The minimum Gasteiger partial charge on any atom is -0.483 e. The first kappa shape index (κ1) is 19.3. The molecule has 142 valence electrons. The van der Waals surface area contributed by atoms with E-state index >= 15 is 0 Å². The molecule has 0 fully saturated rings. The van der Waals surface area contributed by atoms with Crippen molar-refractivity contribution in [1.82, 2.24) is 4.98 Å². The zero-order valence-electron chi connectivity index (χ0n) is 15.6. The second-order valence-corrected chi connectivity index (χ2v) is 6.52. The molecule has 0 atom stereocenters. The molecule has 1 N–H and O–H groups in total. The van der Waals surface area contributed by atoms with Crippen molar-refractivity contribution in [1.29, 1.82) is 0 Å². The lowest BCUT2D eigenvalue weighted by atomic mass is 10.0. The van der Waals surface area contributed by atoms with Crippen LogP contribution in [-0.4, -0.2) is 16.6 Å². The first-order valence-electron chi connectivity index (χ1n) is 9.05. The van der Waals surface area contributed by atoms with Crippen LogP contribution in [0.4, 0.5) is 0 Å². The molecule has 0 unspecified atom stereocenters. The van der Waals surface area contributed by atoms with Gasteiger partial charge in [0.1, 0.15) is 6.61 Å². The number of rotatable bonds is 8. The predicted molar refractivity (Wildman–Crippen MR) is 107 cm³/mol. The average Bonchev–Trinajstić information content (AvgIpc) is 2.72. The fraction of sp³-hybridized carbons (Fsp3) is 0.174. The summed E-state index contributed by atoms with van der Waals surface area (Å²) in [7, 11) is 0. The molecule has 0 radical (unpaired) electrons. The Hall–Kier alpha value is -3.47. The minimum absolute atomic E-state index is 0.0756. The molecular weight excluding hydrogens is 354 g/mol. The summed E-state index contributed by atoms with van der Waals surface area (Å²) in [5, 5.41) is 0. The Morgan fingerprint density at radius 3 is 2.43 bits per heavy atom. The first-order valence-corrected chi connectivity index (χ1v) is 9.05. The van der Waals surface area contributed by atoms with Crippen LogP contribution in [0, 0.1) is 0 Å². The van der Waals surface area contributed by atoms with Gasteiger partial charge < -0.3 is 9.72 Å². The molecule has 3 rings (SSSR count). The van der Waals surface area contributed by atoms with E-state index in [0.29, 0.717) is 29.8 Å². The van der Waals surface area contributed by atoms with Gasteiger partial charge in [0.05, 0.1) is 0 Å². The molecule has 0 saturated heterocycles. The van der Waals surface area contributed by atoms with Crippen molar-refractivity contribution in [3.63, 3.8) is 0 Å². The number of hydrogen-bond acceptors (Lipinski definition) is 4. The van der Waals surface area contributed by atoms with Gasteiger partial charge in [-0.25, -0.2) is 0 Å². The number of hydrogen-bond donors (Lipinski definition) is 1. The third kappa shape index (κ3) is 5.04. The molecule has 2 aromatic carbocycles. The molecule has 3 aromatic rings. The Kier molecular flexibility index (Phi) is 6.17. The van der Waals surface area contributed by atoms with Gasteiger partial charge in [-0.3, -0.25) is 14.4 Å². The molecule has 0 saturated carbocycles. The van der Waals surface area contributed by atoms with E-state index in [1.807, 2.05) is 30.3 Å². The standard InChI is InChI=1S/C23H21NO4/c1-16(25)18-8-5-9-19(12-18)21(26)11-10-20-13-22(27)23(14-24-20)28-15-17-6-3-2-4-7-17/h2-9,12-14H,10-11,15H2,1H3,(H,24,27). The average molecular weight is 375 g/mol. The highest BCUT2D eigenvalue weighted by Crippen LogP contribution is 2.12. The highest BCUT2D eigenvalue weighted by atomic mass is 16.5.